The average molecular weight is 298 g/mol. The van der Waals surface area contributed by atoms with Crippen molar-refractivity contribution in [2.75, 3.05) is 18.6 Å². The number of hydrogen-bond donors (Lipinski definition) is 0. The lowest BCUT2D eigenvalue weighted by Crippen LogP contribution is -2.46. The number of anilines is 1. The van der Waals surface area contributed by atoms with Gasteiger partial charge in [-0.1, -0.05) is 15.9 Å². The van der Waals surface area contributed by atoms with Crippen molar-refractivity contribution in [1.29, 1.82) is 0 Å². The molecule has 1 heterocycles. The quantitative estimate of drug-likeness (QED) is 0.858. The van der Waals surface area contributed by atoms with Crippen molar-refractivity contribution in [2.24, 2.45) is 0 Å². The van der Waals surface area contributed by atoms with Gasteiger partial charge in [-0.3, -0.25) is 4.79 Å². The van der Waals surface area contributed by atoms with Gasteiger partial charge in [0, 0.05) is 23.7 Å². The molecule has 1 unspecified atom stereocenters. The molecule has 0 N–H and O–H groups in total. The zero-order valence-corrected chi connectivity index (χ0v) is 11.4. The van der Waals surface area contributed by atoms with Crippen LogP contribution in [0, 0.1) is 0 Å². The lowest BCUT2D eigenvalue weighted by Gasteiger charge is -2.35. The van der Waals surface area contributed by atoms with Crippen molar-refractivity contribution in [3.05, 3.63) is 28.7 Å². The summed E-state index contributed by atoms with van der Waals surface area (Å²) in [5.41, 5.74) is 0.958. The first-order valence-corrected chi connectivity index (χ1v) is 6.58. The predicted octanol–water partition coefficient (Wildman–Crippen LogP) is 2.98. The maximum atomic E-state index is 12.0. The summed E-state index contributed by atoms with van der Waals surface area (Å²) in [6.07, 6.45) is 2.60. The molecule has 1 amide bonds. The number of benzene rings is 1. The molecule has 1 saturated heterocycles. The van der Waals surface area contributed by atoms with E-state index in [0.717, 1.165) is 23.0 Å². The fraction of sp³-hybridized carbons (Fsp3) is 0.462. The zero-order chi connectivity index (χ0) is 12.3. The van der Waals surface area contributed by atoms with Crippen molar-refractivity contribution in [3.8, 4) is 0 Å². The van der Waals surface area contributed by atoms with Crippen molar-refractivity contribution < 1.29 is 9.53 Å². The van der Waals surface area contributed by atoms with Crippen LogP contribution in [0.2, 0.25) is 0 Å². The average Bonchev–Trinajstić information content (AvgIpc) is 2.32. The summed E-state index contributed by atoms with van der Waals surface area (Å²) in [5.74, 6) is 0.195. The topological polar surface area (TPSA) is 29.5 Å². The second-order valence-corrected chi connectivity index (χ2v) is 5.16. The molecule has 92 valence electrons. The minimum absolute atomic E-state index is 0.169. The van der Waals surface area contributed by atoms with Gasteiger partial charge in [0.2, 0.25) is 5.91 Å². The van der Waals surface area contributed by atoms with Gasteiger partial charge >= 0.3 is 0 Å². The van der Waals surface area contributed by atoms with Crippen molar-refractivity contribution in [2.45, 2.75) is 25.3 Å². The number of piperidine rings is 1. The van der Waals surface area contributed by atoms with E-state index in [1.54, 1.807) is 7.11 Å². The van der Waals surface area contributed by atoms with Gasteiger partial charge in [0.15, 0.2) is 0 Å². The lowest BCUT2D eigenvalue weighted by atomic mass is 10.0. The fourth-order valence-corrected chi connectivity index (χ4v) is 2.51. The number of nitrogens with zero attached hydrogens (tertiary/aromatic N) is 1. The van der Waals surface area contributed by atoms with Gasteiger partial charge < -0.3 is 9.64 Å². The molecule has 3 nitrogen and oxygen atoms in total. The first-order valence-electron chi connectivity index (χ1n) is 5.79. The van der Waals surface area contributed by atoms with E-state index in [1.165, 1.54) is 0 Å². The van der Waals surface area contributed by atoms with Gasteiger partial charge in [0.05, 0.1) is 12.6 Å². The molecule has 1 aliphatic heterocycles. The van der Waals surface area contributed by atoms with E-state index in [0.29, 0.717) is 13.0 Å². The van der Waals surface area contributed by atoms with Gasteiger partial charge in [-0.15, -0.1) is 0 Å². The van der Waals surface area contributed by atoms with Gasteiger partial charge in [-0.25, -0.2) is 0 Å². The van der Waals surface area contributed by atoms with Crippen LogP contribution in [0.1, 0.15) is 19.3 Å². The Bertz CT molecular complexity index is 389. The Kier molecular flexibility index (Phi) is 4.18. The minimum Gasteiger partial charge on any atom is -0.383 e. The number of hydrogen-bond acceptors (Lipinski definition) is 2. The van der Waals surface area contributed by atoms with Crippen LogP contribution in [-0.2, 0) is 9.53 Å². The van der Waals surface area contributed by atoms with Gasteiger partial charge in [0.25, 0.3) is 0 Å². The second kappa shape index (κ2) is 5.65. The van der Waals surface area contributed by atoms with Crippen LogP contribution in [-0.4, -0.2) is 25.7 Å². The number of methoxy groups -OCH3 is 1. The van der Waals surface area contributed by atoms with Gasteiger partial charge in [-0.05, 0) is 37.1 Å². The Morgan fingerprint density at radius 2 is 2.12 bits per heavy atom. The summed E-state index contributed by atoms with van der Waals surface area (Å²) >= 11 is 3.40. The molecule has 1 aliphatic rings. The van der Waals surface area contributed by atoms with Crippen LogP contribution < -0.4 is 4.90 Å². The first-order chi connectivity index (χ1) is 8.22. The molecule has 2 rings (SSSR count). The number of carbonyl (C=O) groups excluding carboxylic acids is 1. The smallest absolute Gasteiger partial charge is 0.227 e. The molecular weight excluding hydrogens is 282 g/mol. The Hall–Kier alpha value is -0.870. The summed E-state index contributed by atoms with van der Waals surface area (Å²) in [5, 5.41) is 0. The lowest BCUT2D eigenvalue weighted by molar-refractivity contribution is -0.120. The Labute approximate surface area is 110 Å². The standard InChI is InChI=1S/C13H16BrNO2/c1-17-9-12-3-2-4-13(16)15(12)11-7-5-10(14)6-8-11/h5-8,12H,2-4,9H2,1H3. The van der Waals surface area contributed by atoms with Crippen LogP contribution in [0.15, 0.2) is 28.7 Å². The van der Waals surface area contributed by atoms with Crippen LogP contribution in [0.3, 0.4) is 0 Å². The molecule has 1 aromatic rings. The van der Waals surface area contributed by atoms with Crippen LogP contribution in [0.25, 0.3) is 0 Å². The van der Waals surface area contributed by atoms with Gasteiger partial charge in [-0.2, -0.15) is 0 Å². The number of ether oxygens (including phenoxy) is 1. The summed E-state index contributed by atoms with van der Waals surface area (Å²) < 4.78 is 6.22. The summed E-state index contributed by atoms with van der Waals surface area (Å²) in [4.78, 5) is 13.9. The van der Waals surface area contributed by atoms with Crippen LogP contribution in [0.4, 0.5) is 5.69 Å². The van der Waals surface area contributed by atoms with Crippen molar-refractivity contribution in [3.63, 3.8) is 0 Å². The summed E-state index contributed by atoms with van der Waals surface area (Å²) in [6, 6.07) is 8.02. The Morgan fingerprint density at radius 1 is 1.41 bits per heavy atom. The maximum Gasteiger partial charge on any atom is 0.227 e. The number of carbonyl (C=O) groups is 1. The highest BCUT2D eigenvalue weighted by Crippen LogP contribution is 2.27. The highest BCUT2D eigenvalue weighted by atomic mass is 79.9. The Morgan fingerprint density at radius 3 is 2.76 bits per heavy atom. The van der Waals surface area contributed by atoms with Crippen molar-refractivity contribution >= 4 is 27.5 Å². The largest absolute Gasteiger partial charge is 0.383 e. The number of halogens is 1. The van der Waals surface area contributed by atoms with E-state index in [4.69, 9.17) is 4.74 Å². The zero-order valence-electron chi connectivity index (χ0n) is 9.86. The molecule has 17 heavy (non-hydrogen) atoms. The second-order valence-electron chi connectivity index (χ2n) is 4.24. The number of rotatable bonds is 3. The van der Waals surface area contributed by atoms with E-state index in [-0.39, 0.29) is 11.9 Å². The van der Waals surface area contributed by atoms with E-state index in [2.05, 4.69) is 15.9 Å². The number of amides is 1. The molecule has 1 fully saturated rings. The minimum atomic E-state index is 0.169. The monoisotopic (exact) mass is 297 g/mol. The van der Waals surface area contributed by atoms with E-state index < -0.39 is 0 Å². The third-order valence-corrected chi connectivity index (χ3v) is 3.55. The molecule has 0 aromatic heterocycles. The highest BCUT2D eigenvalue weighted by molar-refractivity contribution is 9.10. The van der Waals surface area contributed by atoms with Crippen molar-refractivity contribution in [1.82, 2.24) is 0 Å². The third-order valence-electron chi connectivity index (χ3n) is 3.03. The van der Waals surface area contributed by atoms with Gasteiger partial charge in [0.1, 0.15) is 0 Å². The van der Waals surface area contributed by atoms with Crippen LogP contribution in [0.5, 0.6) is 0 Å². The first kappa shape index (κ1) is 12.6. The normalized spacial score (nSPS) is 20.7. The molecule has 0 saturated carbocycles. The van der Waals surface area contributed by atoms with E-state index >= 15 is 0 Å². The highest BCUT2D eigenvalue weighted by Gasteiger charge is 2.28. The molecule has 4 heteroatoms. The third kappa shape index (κ3) is 2.87. The maximum absolute atomic E-state index is 12.0. The Balaban J connectivity index is 2.24. The SMILES string of the molecule is COCC1CCCC(=O)N1c1ccc(Br)cc1. The summed E-state index contributed by atoms with van der Waals surface area (Å²) in [7, 11) is 1.68. The van der Waals surface area contributed by atoms with E-state index in [1.807, 2.05) is 29.2 Å². The van der Waals surface area contributed by atoms with Crippen LogP contribution >= 0.6 is 15.9 Å². The molecule has 1 atom stereocenters. The molecule has 0 bridgehead atoms. The molecule has 0 spiro atoms. The fourth-order valence-electron chi connectivity index (χ4n) is 2.25. The molecule has 0 radical (unpaired) electrons. The van der Waals surface area contributed by atoms with E-state index in [9.17, 15) is 4.79 Å². The predicted molar refractivity (Wildman–Crippen MR) is 71.1 cm³/mol. The molecular formula is C13H16BrNO2. The molecule has 0 aliphatic carbocycles. The summed E-state index contributed by atoms with van der Waals surface area (Å²) in [6.45, 7) is 0.599. The molecule has 1 aromatic carbocycles.